The molecule has 0 radical (unpaired) electrons. The van der Waals surface area contributed by atoms with Crippen LogP contribution in [-0.2, 0) is 18.5 Å². The SMILES string of the molecule is CCCc1nc(C#N)c(C(=O)C(C)(C)C)n1Cc1ccc(-c2ccccc2-c2nnnn2C(c2ccccc2)(c2ccccc2)c2ccccc2)cc1. The maximum absolute atomic E-state index is 13.6. The second-order valence-electron chi connectivity index (χ2n) is 14.2. The number of carbonyl (C=O) groups is 1. The molecule has 0 saturated heterocycles. The average molecular weight is 696 g/mol. The molecule has 2 heterocycles. The maximum Gasteiger partial charge on any atom is 0.187 e. The number of aryl methyl sites for hydroxylation is 1. The Hall–Kier alpha value is -6.46. The molecule has 8 nitrogen and oxygen atoms in total. The molecule has 0 saturated carbocycles. The molecule has 8 heteroatoms. The van der Waals surface area contributed by atoms with E-state index >= 15 is 0 Å². The topological polar surface area (TPSA) is 102 Å². The van der Waals surface area contributed by atoms with E-state index in [1.54, 1.807) is 0 Å². The molecular formula is C45H41N7O. The van der Waals surface area contributed by atoms with Gasteiger partial charge in [0.2, 0.25) is 0 Å². The summed E-state index contributed by atoms with van der Waals surface area (Å²) in [6.07, 6.45) is 1.52. The number of nitriles is 1. The third-order valence-electron chi connectivity index (χ3n) is 9.66. The Morgan fingerprint density at radius 2 is 1.25 bits per heavy atom. The smallest absolute Gasteiger partial charge is 0.187 e. The molecule has 0 spiro atoms. The van der Waals surface area contributed by atoms with Crippen molar-refractivity contribution in [2.45, 2.75) is 52.6 Å². The summed E-state index contributed by atoms with van der Waals surface area (Å²) in [6.45, 7) is 8.12. The first-order chi connectivity index (χ1) is 25.8. The number of nitrogens with zero attached hydrogens (tertiary/aromatic N) is 7. The summed E-state index contributed by atoms with van der Waals surface area (Å²) >= 11 is 0. The van der Waals surface area contributed by atoms with Crippen molar-refractivity contribution in [2.24, 2.45) is 5.41 Å². The number of hydrogen-bond donors (Lipinski definition) is 0. The van der Waals surface area contributed by atoms with Gasteiger partial charge in [-0.3, -0.25) is 4.79 Å². The second-order valence-corrected chi connectivity index (χ2v) is 14.2. The molecule has 0 amide bonds. The van der Waals surface area contributed by atoms with Gasteiger partial charge in [0, 0.05) is 23.9 Å². The zero-order valence-electron chi connectivity index (χ0n) is 30.4. The fraction of sp³-hybridized carbons (Fsp3) is 0.200. The molecule has 0 fully saturated rings. The Morgan fingerprint density at radius 1 is 0.717 bits per heavy atom. The van der Waals surface area contributed by atoms with Crippen molar-refractivity contribution in [2.75, 3.05) is 0 Å². The molecule has 0 aliphatic heterocycles. The highest BCUT2D eigenvalue weighted by atomic mass is 16.1. The lowest BCUT2D eigenvalue weighted by Crippen LogP contribution is -2.39. The fourth-order valence-corrected chi connectivity index (χ4v) is 7.14. The van der Waals surface area contributed by atoms with Crippen LogP contribution in [0.3, 0.4) is 0 Å². The van der Waals surface area contributed by atoms with E-state index in [-0.39, 0.29) is 11.5 Å². The standard InChI is InChI=1S/C45H41N7O/c1-5-17-40-47-39(30-46)41(42(53)44(2,3)4)51(40)31-32-26-28-33(29-27-32)37-24-15-16-25-38(37)43-48-49-50-52(43)45(34-18-9-6-10-19-34,35-20-11-7-12-21-35)36-22-13-8-14-23-36/h6-16,18-29H,5,17,31H2,1-4H3. The van der Waals surface area contributed by atoms with Gasteiger partial charge in [-0.1, -0.05) is 167 Å². The molecule has 262 valence electrons. The molecular weight excluding hydrogens is 655 g/mol. The van der Waals surface area contributed by atoms with Crippen molar-refractivity contribution in [1.29, 1.82) is 5.26 Å². The number of tetrazole rings is 1. The highest BCUT2D eigenvalue weighted by molar-refractivity contribution is 6.00. The largest absolute Gasteiger partial charge is 0.320 e. The number of rotatable bonds is 11. The summed E-state index contributed by atoms with van der Waals surface area (Å²) in [6, 6.07) is 49.8. The summed E-state index contributed by atoms with van der Waals surface area (Å²) in [5.41, 5.74) is 5.95. The lowest BCUT2D eigenvalue weighted by Gasteiger charge is -2.36. The van der Waals surface area contributed by atoms with E-state index in [2.05, 4.69) is 96.0 Å². The van der Waals surface area contributed by atoms with Crippen LogP contribution in [0, 0.1) is 16.7 Å². The number of benzene rings is 5. The van der Waals surface area contributed by atoms with Crippen LogP contribution in [0.2, 0.25) is 0 Å². The van der Waals surface area contributed by atoms with Crippen molar-refractivity contribution in [3.63, 3.8) is 0 Å². The van der Waals surface area contributed by atoms with Crippen molar-refractivity contribution in [1.82, 2.24) is 29.8 Å². The Balaban J connectivity index is 1.34. The van der Waals surface area contributed by atoms with Crippen molar-refractivity contribution in [3.05, 3.63) is 179 Å². The molecule has 5 aromatic carbocycles. The minimum Gasteiger partial charge on any atom is -0.320 e. The third-order valence-corrected chi connectivity index (χ3v) is 9.66. The van der Waals surface area contributed by atoms with Gasteiger partial charge >= 0.3 is 0 Å². The van der Waals surface area contributed by atoms with E-state index in [0.717, 1.165) is 51.2 Å². The minimum atomic E-state index is -0.884. The lowest BCUT2D eigenvalue weighted by molar-refractivity contribution is 0.0848. The van der Waals surface area contributed by atoms with Gasteiger partial charge in [0.15, 0.2) is 17.3 Å². The number of imidazole rings is 1. The molecule has 0 aliphatic rings. The van der Waals surface area contributed by atoms with Gasteiger partial charge in [-0.2, -0.15) is 5.26 Å². The highest BCUT2D eigenvalue weighted by Crippen LogP contribution is 2.43. The number of aromatic nitrogens is 6. The van der Waals surface area contributed by atoms with E-state index in [1.165, 1.54) is 0 Å². The van der Waals surface area contributed by atoms with Crippen molar-refractivity contribution >= 4 is 5.78 Å². The van der Waals surface area contributed by atoms with Crippen molar-refractivity contribution < 1.29 is 4.79 Å². The molecule has 0 aliphatic carbocycles. The summed E-state index contributed by atoms with van der Waals surface area (Å²) in [7, 11) is 0. The molecule has 0 N–H and O–H groups in total. The first-order valence-electron chi connectivity index (χ1n) is 18.0. The van der Waals surface area contributed by atoms with Gasteiger partial charge in [0.25, 0.3) is 0 Å². The molecule has 53 heavy (non-hydrogen) atoms. The highest BCUT2D eigenvalue weighted by Gasteiger charge is 2.42. The van der Waals surface area contributed by atoms with E-state index in [9.17, 15) is 10.1 Å². The number of Topliss-reactive ketones (excluding diaryl/α,β-unsaturated/α-hetero) is 1. The van der Waals surface area contributed by atoms with Crippen LogP contribution in [0.4, 0.5) is 0 Å². The zero-order chi connectivity index (χ0) is 37.0. The van der Waals surface area contributed by atoms with Crippen LogP contribution < -0.4 is 0 Å². The van der Waals surface area contributed by atoms with Gasteiger partial charge in [-0.15, -0.1) is 5.10 Å². The molecule has 0 unspecified atom stereocenters. The van der Waals surface area contributed by atoms with E-state index < -0.39 is 11.0 Å². The van der Waals surface area contributed by atoms with Crippen LogP contribution in [0.25, 0.3) is 22.5 Å². The molecule has 7 rings (SSSR count). The quantitative estimate of drug-likeness (QED) is 0.0988. The summed E-state index contributed by atoms with van der Waals surface area (Å²) < 4.78 is 3.89. The molecule has 7 aromatic rings. The first kappa shape index (κ1) is 35.0. The molecule has 0 bridgehead atoms. The number of carbonyl (C=O) groups excluding carboxylic acids is 1. The molecule has 2 aromatic heterocycles. The normalized spacial score (nSPS) is 11.7. The first-order valence-corrected chi connectivity index (χ1v) is 18.0. The average Bonchev–Trinajstić information content (AvgIpc) is 3.81. The Morgan fingerprint density at radius 3 is 1.75 bits per heavy atom. The van der Waals surface area contributed by atoms with Crippen LogP contribution >= 0.6 is 0 Å². The minimum absolute atomic E-state index is 0.0928. The molecule has 0 atom stereocenters. The fourth-order valence-electron chi connectivity index (χ4n) is 7.14. The predicted octanol–water partition coefficient (Wildman–Crippen LogP) is 9.15. The number of ketones is 1. The van der Waals surface area contributed by atoms with Gasteiger partial charge in [-0.25, -0.2) is 9.67 Å². The summed E-state index contributed by atoms with van der Waals surface area (Å²) in [5.74, 6) is 1.28. The van der Waals surface area contributed by atoms with Gasteiger partial charge in [-0.05, 0) is 50.2 Å². The van der Waals surface area contributed by atoms with Crippen LogP contribution in [0.15, 0.2) is 140 Å². The van der Waals surface area contributed by atoms with Gasteiger partial charge in [0.1, 0.15) is 23.1 Å². The second kappa shape index (κ2) is 14.6. The zero-order valence-corrected chi connectivity index (χ0v) is 30.4. The Bertz CT molecular complexity index is 2290. The monoisotopic (exact) mass is 695 g/mol. The summed E-state index contributed by atoms with van der Waals surface area (Å²) in [4.78, 5) is 18.2. The van der Waals surface area contributed by atoms with Crippen LogP contribution in [-0.4, -0.2) is 35.5 Å². The maximum atomic E-state index is 13.6. The summed E-state index contributed by atoms with van der Waals surface area (Å²) in [5, 5.41) is 23.7. The Kier molecular flexibility index (Phi) is 9.66. The van der Waals surface area contributed by atoms with Crippen molar-refractivity contribution in [3.8, 4) is 28.6 Å². The van der Waals surface area contributed by atoms with Crippen LogP contribution in [0.5, 0.6) is 0 Å². The van der Waals surface area contributed by atoms with Gasteiger partial charge < -0.3 is 4.57 Å². The van der Waals surface area contributed by atoms with Gasteiger partial charge in [0.05, 0.1) is 0 Å². The Labute approximate surface area is 310 Å². The third kappa shape index (κ3) is 6.47. The van der Waals surface area contributed by atoms with E-state index in [1.807, 2.05) is 96.8 Å². The van der Waals surface area contributed by atoms with E-state index in [4.69, 9.17) is 10.3 Å². The van der Waals surface area contributed by atoms with E-state index in [0.29, 0.717) is 24.5 Å². The predicted molar refractivity (Wildman–Crippen MR) is 207 cm³/mol. The number of hydrogen-bond acceptors (Lipinski definition) is 6. The van der Waals surface area contributed by atoms with Crippen LogP contribution in [0.1, 0.15) is 78.4 Å². The lowest BCUT2D eigenvalue weighted by atomic mass is 9.77.